The van der Waals surface area contributed by atoms with Crippen molar-refractivity contribution in [1.29, 1.82) is 0 Å². The van der Waals surface area contributed by atoms with Crippen LogP contribution in [-0.2, 0) is 25.2 Å². The van der Waals surface area contributed by atoms with Crippen LogP contribution in [0.15, 0.2) is 54.6 Å². The van der Waals surface area contributed by atoms with Crippen LogP contribution in [0.3, 0.4) is 0 Å². The molecule has 1 heterocycles. The summed E-state index contributed by atoms with van der Waals surface area (Å²) in [5.41, 5.74) is -6.13. The van der Waals surface area contributed by atoms with Crippen molar-refractivity contribution in [3.63, 3.8) is 0 Å². The molecule has 0 atom stereocenters. The zero-order valence-corrected chi connectivity index (χ0v) is 18.1. The zero-order chi connectivity index (χ0) is 24.4. The Labute approximate surface area is 189 Å². The van der Waals surface area contributed by atoms with Gasteiger partial charge < -0.3 is 14.9 Å². The SMILES string of the molecule is CCc1cccc(-c2ccc(COc3ccc(CO)cc3)s2)c1C(O)(C(F)(F)F)C(F)(F)F. The molecular weight excluding hydrogens is 470 g/mol. The van der Waals surface area contributed by atoms with E-state index >= 15 is 0 Å². The van der Waals surface area contributed by atoms with Gasteiger partial charge in [-0.2, -0.15) is 26.3 Å². The first-order chi connectivity index (χ1) is 15.4. The number of aliphatic hydroxyl groups is 2. The average molecular weight is 490 g/mol. The van der Waals surface area contributed by atoms with Crippen molar-refractivity contribution in [1.82, 2.24) is 0 Å². The molecule has 0 aliphatic carbocycles. The Morgan fingerprint density at radius 2 is 1.52 bits per heavy atom. The molecule has 3 nitrogen and oxygen atoms in total. The molecule has 2 N–H and O–H groups in total. The first-order valence-electron chi connectivity index (χ1n) is 9.82. The molecule has 3 rings (SSSR count). The summed E-state index contributed by atoms with van der Waals surface area (Å²) in [7, 11) is 0. The number of rotatable bonds is 7. The normalized spacial score (nSPS) is 12.8. The van der Waals surface area contributed by atoms with Crippen LogP contribution >= 0.6 is 11.3 Å². The largest absolute Gasteiger partial charge is 0.488 e. The van der Waals surface area contributed by atoms with Crippen LogP contribution in [0.5, 0.6) is 5.75 Å². The number of halogens is 6. The van der Waals surface area contributed by atoms with Gasteiger partial charge in [0.1, 0.15) is 12.4 Å². The van der Waals surface area contributed by atoms with E-state index in [0.717, 1.165) is 23.5 Å². The lowest BCUT2D eigenvalue weighted by Crippen LogP contribution is -2.54. The van der Waals surface area contributed by atoms with E-state index in [9.17, 15) is 31.4 Å². The maximum Gasteiger partial charge on any atom is 0.430 e. The lowest BCUT2D eigenvalue weighted by Gasteiger charge is -2.35. The standard InChI is InChI=1S/C23H20F6O3S/c1-2-15-4-3-5-18(20(15)21(31,22(24,25)26)23(27,28)29)19-11-10-17(33-19)13-32-16-8-6-14(12-30)7-9-16/h3-11,30-31H,2,12-13H2,1H3. The zero-order valence-electron chi connectivity index (χ0n) is 17.3. The van der Waals surface area contributed by atoms with E-state index in [0.29, 0.717) is 16.2 Å². The van der Waals surface area contributed by atoms with Crippen molar-refractivity contribution in [2.24, 2.45) is 0 Å². The Kier molecular flexibility index (Phi) is 7.11. The summed E-state index contributed by atoms with van der Waals surface area (Å²) >= 11 is 0.973. The number of ether oxygens (including phenoxy) is 1. The van der Waals surface area contributed by atoms with Crippen LogP contribution in [0, 0.1) is 0 Å². The Balaban J connectivity index is 2.00. The van der Waals surface area contributed by atoms with Gasteiger partial charge in [0.2, 0.25) is 0 Å². The molecule has 3 aromatic rings. The lowest BCUT2D eigenvalue weighted by atomic mass is 9.83. The predicted molar refractivity (Wildman–Crippen MR) is 112 cm³/mol. The molecule has 0 saturated carbocycles. The number of aliphatic hydroxyl groups excluding tert-OH is 1. The van der Waals surface area contributed by atoms with Crippen molar-refractivity contribution in [3.8, 4) is 16.2 Å². The third-order valence-corrected chi connectivity index (χ3v) is 6.22. The van der Waals surface area contributed by atoms with E-state index in [4.69, 9.17) is 9.84 Å². The van der Waals surface area contributed by atoms with Crippen LogP contribution in [0.25, 0.3) is 10.4 Å². The Bertz CT molecular complexity index is 1070. The minimum absolute atomic E-state index is 0.0365. The van der Waals surface area contributed by atoms with E-state index < -0.39 is 23.5 Å². The maximum atomic E-state index is 13.7. The van der Waals surface area contributed by atoms with Crippen LogP contribution < -0.4 is 4.74 Å². The first-order valence-corrected chi connectivity index (χ1v) is 10.6. The summed E-state index contributed by atoms with van der Waals surface area (Å²) in [5.74, 6) is 0.485. The molecule has 10 heteroatoms. The summed E-state index contributed by atoms with van der Waals surface area (Å²) in [6.07, 6.45) is -12.1. The van der Waals surface area contributed by atoms with Gasteiger partial charge in [-0.25, -0.2) is 0 Å². The molecule has 2 aromatic carbocycles. The lowest BCUT2D eigenvalue weighted by molar-refractivity contribution is -0.376. The van der Waals surface area contributed by atoms with Crippen LogP contribution in [0.1, 0.15) is 28.5 Å². The monoisotopic (exact) mass is 490 g/mol. The second-order valence-electron chi connectivity index (χ2n) is 7.26. The molecule has 0 amide bonds. The van der Waals surface area contributed by atoms with Crippen molar-refractivity contribution >= 4 is 11.3 Å². The third kappa shape index (κ3) is 4.87. The fourth-order valence-electron chi connectivity index (χ4n) is 3.42. The molecule has 0 bridgehead atoms. The van der Waals surface area contributed by atoms with Gasteiger partial charge >= 0.3 is 12.4 Å². The van der Waals surface area contributed by atoms with Gasteiger partial charge in [0.25, 0.3) is 5.60 Å². The first kappa shape index (κ1) is 25.1. The minimum Gasteiger partial charge on any atom is -0.488 e. The number of alkyl halides is 6. The molecule has 0 aliphatic heterocycles. The summed E-state index contributed by atoms with van der Waals surface area (Å²) in [6.45, 7) is 1.33. The number of hydrogen-bond acceptors (Lipinski definition) is 4. The minimum atomic E-state index is -5.98. The number of aryl methyl sites for hydroxylation is 1. The number of thiophene rings is 1. The predicted octanol–water partition coefficient (Wildman–Crippen LogP) is 6.36. The third-order valence-electron chi connectivity index (χ3n) is 5.13. The van der Waals surface area contributed by atoms with E-state index in [1.807, 2.05) is 0 Å². The smallest absolute Gasteiger partial charge is 0.430 e. The average Bonchev–Trinajstić information content (AvgIpc) is 3.24. The summed E-state index contributed by atoms with van der Waals surface area (Å²) in [5, 5.41) is 19.2. The van der Waals surface area contributed by atoms with Gasteiger partial charge in [-0.1, -0.05) is 37.3 Å². The summed E-state index contributed by atoms with van der Waals surface area (Å²) in [6, 6.07) is 13.2. The molecule has 0 saturated heterocycles. The molecule has 178 valence electrons. The van der Waals surface area contributed by atoms with Crippen molar-refractivity contribution in [2.45, 2.75) is 44.5 Å². The molecule has 1 aromatic heterocycles. The van der Waals surface area contributed by atoms with E-state index in [2.05, 4.69) is 0 Å². The second kappa shape index (κ2) is 9.36. The highest BCUT2D eigenvalue weighted by Gasteiger charge is 2.72. The van der Waals surface area contributed by atoms with E-state index in [1.165, 1.54) is 19.1 Å². The highest BCUT2D eigenvalue weighted by Crippen LogP contribution is 2.53. The fraction of sp³-hybridized carbons (Fsp3) is 0.304. The molecule has 33 heavy (non-hydrogen) atoms. The van der Waals surface area contributed by atoms with Crippen molar-refractivity contribution in [2.75, 3.05) is 0 Å². The van der Waals surface area contributed by atoms with Gasteiger partial charge in [-0.15, -0.1) is 11.3 Å². The van der Waals surface area contributed by atoms with Crippen LogP contribution in [-0.4, -0.2) is 22.6 Å². The van der Waals surface area contributed by atoms with Gasteiger partial charge in [-0.05, 0) is 47.4 Å². The van der Waals surface area contributed by atoms with Gasteiger partial charge in [0, 0.05) is 15.3 Å². The number of hydrogen-bond donors (Lipinski definition) is 2. The maximum absolute atomic E-state index is 13.7. The molecule has 0 fully saturated rings. The fourth-order valence-corrected chi connectivity index (χ4v) is 4.37. The van der Waals surface area contributed by atoms with E-state index in [-0.39, 0.29) is 35.6 Å². The highest BCUT2D eigenvalue weighted by atomic mass is 32.1. The highest BCUT2D eigenvalue weighted by molar-refractivity contribution is 7.15. The molecular formula is C23H20F6O3S. The Morgan fingerprint density at radius 3 is 2.06 bits per heavy atom. The van der Waals surface area contributed by atoms with Crippen LogP contribution in [0.4, 0.5) is 26.3 Å². The van der Waals surface area contributed by atoms with Crippen molar-refractivity contribution in [3.05, 3.63) is 76.2 Å². The Hall–Kier alpha value is -2.56. The quantitative estimate of drug-likeness (QED) is 0.379. The van der Waals surface area contributed by atoms with Gasteiger partial charge in [0.05, 0.1) is 6.61 Å². The van der Waals surface area contributed by atoms with Crippen molar-refractivity contribution < 1.29 is 41.3 Å². The van der Waals surface area contributed by atoms with Gasteiger partial charge in [-0.3, -0.25) is 0 Å². The van der Waals surface area contributed by atoms with Crippen LogP contribution in [0.2, 0.25) is 0 Å². The second-order valence-corrected chi connectivity index (χ2v) is 8.42. The molecule has 0 unspecified atom stereocenters. The Morgan fingerprint density at radius 1 is 0.879 bits per heavy atom. The molecule has 0 aliphatic rings. The van der Waals surface area contributed by atoms with Gasteiger partial charge in [0.15, 0.2) is 0 Å². The number of benzene rings is 2. The topological polar surface area (TPSA) is 49.7 Å². The summed E-state index contributed by atoms with van der Waals surface area (Å²) < 4.78 is 87.6. The summed E-state index contributed by atoms with van der Waals surface area (Å²) in [4.78, 5) is 0.702. The van der Waals surface area contributed by atoms with E-state index in [1.54, 1.807) is 30.3 Å². The molecule has 0 radical (unpaired) electrons. The molecule has 0 spiro atoms.